The minimum atomic E-state index is -0.266. The van der Waals surface area contributed by atoms with E-state index in [0.29, 0.717) is 12.1 Å². The van der Waals surface area contributed by atoms with E-state index in [4.69, 9.17) is 0 Å². The zero-order chi connectivity index (χ0) is 17.8. The first kappa shape index (κ1) is 15.8. The number of nitrogens with one attached hydrogen (secondary N) is 1. The molecule has 4 aromatic rings. The van der Waals surface area contributed by atoms with Crippen LogP contribution in [0.2, 0.25) is 0 Å². The van der Waals surface area contributed by atoms with Gasteiger partial charge in [-0.2, -0.15) is 5.10 Å². The van der Waals surface area contributed by atoms with Crippen molar-refractivity contribution in [2.45, 2.75) is 6.54 Å². The lowest BCUT2D eigenvalue weighted by atomic mass is 10.1. The maximum atomic E-state index is 12.7. The zero-order valence-corrected chi connectivity index (χ0v) is 13.9. The fraction of sp³-hybridized carbons (Fsp3) is 0.0526. The van der Waals surface area contributed by atoms with Crippen LogP contribution < -0.4 is 10.9 Å². The molecule has 1 N–H and O–H groups in total. The average molecular weight is 344 g/mol. The van der Waals surface area contributed by atoms with Gasteiger partial charge in [0.2, 0.25) is 0 Å². The number of aromatic nitrogens is 5. The molecule has 7 heteroatoms. The Hall–Kier alpha value is -3.74. The molecule has 0 aliphatic carbocycles. The van der Waals surface area contributed by atoms with Gasteiger partial charge in [0.15, 0.2) is 0 Å². The second-order valence-corrected chi connectivity index (χ2v) is 5.68. The van der Waals surface area contributed by atoms with Crippen molar-refractivity contribution in [3.63, 3.8) is 0 Å². The van der Waals surface area contributed by atoms with E-state index in [1.165, 1.54) is 27.8 Å². The van der Waals surface area contributed by atoms with Gasteiger partial charge in [-0.05, 0) is 29.3 Å². The minimum Gasteiger partial charge on any atom is -0.381 e. The topological polar surface area (TPSA) is 77.6 Å². The van der Waals surface area contributed by atoms with Gasteiger partial charge >= 0.3 is 0 Å². The van der Waals surface area contributed by atoms with Crippen LogP contribution in [0.4, 0.5) is 5.69 Å². The first-order valence-corrected chi connectivity index (χ1v) is 8.13. The summed E-state index contributed by atoms with van der Waals surface area (Å²) in [6, 6.07) is 19.6. The standard InChI is InChI=1S/C19H16N6O/c26-19-18(9-10-22-25(19)24-14-20-13-23-24)16-7-4-8-17(11-16)21-12-15-5-2-1-3-6-15/h1-11,13-14,21H,12H2. The summed E-state index contributed by atoms with van der Waals surface area (Å²) in [7, 11) is 0. The molecule has 0 amide bonds. The molecule has 2 aromatic carbocycles. The molecule has 0 saturated carbocycles. The van der Waals surface area contributed by atoms with Gasteiger partial charge in [-0.25, -0.2) is 4.98 Å². The highest BCUT2D eigenvalue weighted by Crippen LogP contribution is 2.20. The second kappa shape index (κ2) is 7.02. The van der Waals surface area contributed by atoms with Crippen LogP contribution in [0.3, 0.4) is 0 Å². The summed E-state index contributed by atoms with van der Waals surface area (Å²) in [5.41, 5.74) is 3.21. The summed E-state index contributed by atoms with van der Waals surface area (Å²) >= 11 is 0. The van der Waals surface area contributed by atoms with Crippen molar-refractivity contribution < 1.29 is 0 Å². The third-order valence-corrected chi connectivity index (χ3v) is 3.94. The van der Waals surface area contributed by atoms with Crippen LogP contribution in [-0.4, -0.2) is 24.8 Å². The van der Waals surface area contributed by atoms with E-state index in [2.05, 4.69) is 32.6 Å². The van der Waals surface area contributed by atoms with Gasteiger partial charge in [0.05, 0.1) is 11.8 Å². The smallest absolute Gasteiger partial charge is 0.295 e. The molecule has 0 atom stereocenters. The van der Waals surface area contributed by atoms with Crippen molar-refractivity contribution in [2.24, 2.45) is 0 Å². The minimum absolute atomic E-state index is 0.266. The molecule has 2 aromatic heterocycles. The van der Waals surface area contributed by atoms with Crippen molar-refractivity contribution in [2.75, 3.05) is 5.32 Å². The highest BCUT2D eigenvalue weighted by atomic mass is 16.1. The van der Waals surface area contributed by atoms with Crippen LogP contribution in [0.25, 0.3) is 11.1 Å². The van der Waals surface area contributed by atoms with Crippen molar-refractivity contribution in [1.82, 2.24) is 24.8 Å². The van der Waals surface area contributed by atoms with Crippen molar-refractivity contribution >= 4 is 5.69 Å². The van der Waals surface area contributed by atoms with Crippen LogP contribution in [0.15, 0.2) is 84.3 Å². The highest BCUT2D eigenvalue weighted by molar-refractivity contribution is 5.67. The Morgan fingerprint density at radius 2 is 1.85 bits per heavy atom. The van der Waals surface area contributed by atoms with Gasteiger partial charge in [-0.3, -0.25) is 4.79 Å². The van der Waals surface area contributed by atoms with E-state index in [9.17, 15) is 4.79 Å². The van der Waals surface area contributed by atoms with E-state index in [1.54, 1.807) is 12.3 Å². The maximum Gasteiger partial charge on any atom is 0.295 e. The normalized spacial score (nSPS) is 10.6. The molecular formula is C19H16N6O. The highest BCUT2D eigenvalue weighted by Gasteiger charge is 2.09. The molecule has 7 nitrogen and oxygen atoms in total. The van der Waals surface area contributed by atoms with Gasteiger partial charge in [-0.15, -0.1) is 14.7 Å². The van der Waals surface area contributed by atoms with Crippen molar-refractivity contribution in [1.29, 1.82) is 0 Å². The van der Waals surface area contributed by atoms with E-state index in [-0.39, 0.29) is 5.56 Å². The van der Waals surface area contributed by atoms with Gasteiger partial charge in [0.1, 0.15) is 12.7 Å². The Bertz CT molecular complexity index is 1060. The third-order valence-electron chi connectivity index (χ3n) is 3.94. The van der Waals surface area contributed by atoms with Gasteiger partial charge in [0, 0.05) is 12.2 Å². The van der Waals surface area contributed by atoms with Crippen LogP contribution >= 0.6 is 0 Å². The average Bonchev–Trinajstić information content (AvgIpc) is 3.22. The van der Waals surface area contributed by atoms with Crippen LogP contribution in [-0.2, 0) is 6.54 Å². The molecule has 0 bridgehead atoms. The predicted octanol–water partition coefficient (Wildman–Crippen LogP) is 2.43. The fourth-order valence-electron chi connectivity index (χ4n) is 2.66. The van der Waals surface area contributed by atoms with Gasteiger partial charge in [-0.1, -0.05) is 42.5 Å². The molecule has 0 fully saturated rings. The quantitative estimate of drug-likeness (QED) is 0.602. The molecule has 0 aliphatic rings. The summed E-state index contributed by atoms with van der Waals surface area (Å²) in [5.74, 6) is 0. The van der Waals surface area contributed by atoms with Gasteiger partial charge in [0.25, 0.3) is 5.56 Å². The number of hydrogen-bond acceptors (Lipinski definition) is 5. The first-order chi connectivity index (χ1) is 12.8. The summed E-state index contributed by atoms with van der Waals surface area (Å²) < 4.78 is 0. The summed E-state index contributed by atoms with van der Waals surface area (Å²) in [5, 5.41) is 11.4. The van der Waals surface area contributed by atoms with E-state index in [1.807, 2.05) is 42.5 Å². The van der Waals surface area contributed by atoms with Crippen molar-refractivity contribution in [3.05, 3.63) is 95.4 Å². The Morgan fingerprint density at radius 1 is 0.962 bits per heavy atom. The number of hydrogen-bond donors (Lipinski definition) is 1. The summed E-state index contributed by atoms with van der Waals surface area (Å²) in [6.45, 7) is 0.712. The Balaban J connectivity index is 1.63. The summed E-state index contributed by atoms with van der Waals surface area (Å²) in [4.78, 5) is 19.1. The van der Waals surface area contributed by atoms with E-state index < -0.39 is 0 Å². The fourth-order valence-corrected chi connectivity index (χ4v) is 2.66. The second-order valence-electron chi connectivity index (χ2n) is 5.68. The molecular weight excluding hydrogens is 328 g/mol. The van der Waals surface area contributed by atoms with Crippen LogP contribution in [0.1, 0.15) is 5.56 Å². The largest absolute Gasteiger partial charge is 0.381 e. The van der Waals surface area contributed by atoms with Crippen molar-refractivity contribution in [3.8, 4) is 11.1 Å². The third kappa shape index (κ3) is 3.23. The Kier molecular flexibility index (Phi) is 4.26. The molecule has 2 heterocycles. The molecule has 0 saturated heterocycles. The molecule has 4 rings (SSSR count). The van der Waals surface area contributed by atoms with Gasteiger partial charge < -0.3 is 5.32 Å². The van der Waals surface area contributed by atoms with E-state index >= 15 is 0 Å². The molecule has 0 spiro atoms. The number of rotatable bonds is 5. The van der Waals surface area contributed by atoms with E-state index in [0.717, 1.165) is 11.3 Å². The Morgan fingerprint density at radius 3 is 2.65 bits per heavy atom. The number of benzene rings is 2. The molecule has 128 valence electrons. The molecule has 0 unspecified atom stereocenters. The van der Waals surface area contributed by atoms with Crippen LogP contribution in [0.5, 0.6) is 0 Å². The first-order valence-electron chi connectivity index (χ1n) is 8.13. The number of nitrogens with zero attached hydrogens (tertiary/aromatic N) is 5. The van der Waals surface area contributed by atoms with Crippen LogP contribution in [0, 0.1) is 0 Å². The monoisotopic (exact) mass is 344 g/mol. The molecule has 0 radical (unpaired) electrons. The predicted molar refractivity (Wildman–Crippen MR) is 98.5 cm³/mol. The molecule has 0 aliphatic heterocycles. The lowest BCUT2D eigenvalue weighted by molar-refractivity contribution is 0.478. The SMILES string of the molecule is O=c1c(-c2cccc(NCc3ccccc3)c2)ccnn1-n1cncn1. The summed E-state index contributed by atoms with van der Waals surface area (Å²) in [6.07, 6.45) is 4.35. The number of anilines is 1. The Labute approximate surface area is 149 Å². The zero-order valence-electron chi connectivity index (χ0n) is 13.9. The lowest BCUT2D eigenvalue weighted by Gasteiger charge is -2.09. The maximum absolute atomic E-state index is 12.7. The lowest BCUT2D eigenvalue weighted by Crippen LogP contribution is -2.29. The molecule has 26 heavy (non-hydrogen) atoms.